The average Bonchev–Trinajstić information content (AvgIpc) is 3.32. The molecule has 1 amide bonds. The number of amides is 1. The van der Waals surface area contributed by atoms with Gasteiger partial charge in [-0.2, -0.15) is 0 Å². The van der Waals surface area contributed by atoms with Gasteiger partial charge in [0.1, 0.15) is 0 Å². The van der Waals surface area contributed by atoms with E-state index in [1.54, 1.807) is 7.11 Å². The molecule has 4 nitrogen and oxygen atoms in total. The van der Waals surface area contributed by atoms with Gasteiger partial charge in [0.05, 0.1) is 13.2 Å². The highest BCUT2D eigenvalue weighted by atomic mass is 35.5. The number of rotatable bonds is 6. The lowest BCUT2D eigenvalue weighted by molar-refractivity contribution is -0.128. The Morgan fingerprint density at radius 2 is 1.93 bits per heavy atom. The molecule has 0 bridgehead atoms. The highest BCUT2D eigenvalue weighted by molar-refractivity contribution is 6.30. The molecule has 1 saturated heterocycles. The van der Waals surface area contributed by atoms with Gasteiger partial charge in [-0.1, -0.05) is 29.8 Å². The van der Waals surface area contributed by atoms with Gasteiger partial charge in [-0.15, -0.1) is 0 Å². The van der Waals surface area contributed by atoms with Gasteiger partial charge in [0.2, 0.25) is 5.91 Å². The van der Waals surface area contributed by atoms with E-state index in [1.807, 2.05) is 35.2 Å². The van der Waals surface area contributed by atoms with E-state index in [4.69, 9.17) is 21.1 Å². The Balaban J connectivity index is 1.48. The van der Waals surface area contributed by atoms with Gasteiger partial charge in [0, 0.05) is 30.5 Å². The molecule has 1 aliphatic heterocycles. The van der Waals surface area contributed by atoms with Crippen molar-refractivity contribution in [3.63, 3.8) is 0 Å². The molecule has 2 aromatic carbocycles. The monoisotopic (exact) mass is 399 g/mol. The second kappa shape index (κ2) is 8.44. The van der Waals surface area contributed by atoms with Crippen molar-refractivity contribution in [1.29, 1.82) is 0 Å². The van der Waals surface area contributed by atoms with Crippen molar-refractivity contribution in [2.24, 2.45) is 0 Å². The molecule has 28 heavy (non-hydrogen) atoms. The van der Waals surface area contributed by atoms with E-state index < -0.39 is 0 Å². The summed E-state index contributed by atoms with van der Waals surface area (Å²) in [5, 5.41) is 0.699. The highest BCUT2D eigenvalue weighted by Gasteiger charge is 2.31. The van der Waals surface area contributed by atoms with Gasteiger partial charge in [0.25, 0.3) is 0 Å². The molecule has 148 valence electrons. The normalized spacial score (nSPS) is 20.0. The number of carbonyl (C=O) groups excluding carboxylic acids is 1. The van der Waals surface area contributed by atoms with E-state index in [9.17, 15) is 4.79 Å². The van der Waals surface area contributed by atoms with Crippen molar-refractivity contribution in [3.05, 3.63) is 58.6 Å². The third-order valence-electron chi connectivity index (χ3n) is 5.73. The van der Waals surface area contributed by atoms with Crippen LogP contribution in [0.5, 0.6) is 11.5 Å². The summed E-state index contributed by atoms with van der Waals surface area (Å²) in [5.41, 5.74) is 2.19. The van der Waals surface area contributed by atoms with Crippen molar-refractivity contribution in [3.8, 4) is 11.5 Å². The molecule has 1 saturated carbocycles. The van der Waals surface area contributed by atoms with Gasteiger partial charge >= 0.3 is 0 Å². The molecule has 1 atom stereocenters. The van der Waals surface area contributed by atoms with Crippen LogP contribution < -0.4 is 9.47 Å². The van der Waals surface area contributed by atoms with E-state index in [-0.39, 0.29) is 17.9 Å². The van der Waals surface area contributed by atoms with E-state index in [2.05, 4.69) is 12.1 Å². The number of likely N-dealkylation sites (tertiary alicyclic amines) is 1. The Morgan fingerprint density at radius 1 is 1.11 bits per heavy atom. The first-order chi connectivity index (χ1) is 13.6. The summed E-state index contributed by atoms with van der Waals surface area (Å²) >= 11 is 6.08. The van der Waals surface area contributed by atoms with Gasteiger partial charge < -0.3 is 14.4 Å². The van der Waals surface area contributed by atoms with Crippen molar-refractivity contribution in [2.45, 2.75) is 50.7 Å². The summed E-state index contributed by atoms with van der Waals surface area (Å²) in [6.07, 6.45) is 5.44. The fraction of sp³-hybridized carbons (Fsp3) is 0.435. The molecule has 2 fully saturated rings. The van der Waals surface area contributed by atoms with Crippen LogP contribution in [0.2, 0.25) is 5.02 Å². The van der Waals surface area contributed by atoms with Crippen molar-refractivity contribution in [2.75, 3.05) is 13.7 Å². The SMILES string of the molecule is COc1ccc([C@H]2CC(=O)N(Cc3cccc(Cl)c3)C2)cc1OC1CCCC1. The molecule has 2 aromatic rings. The number of benzene rings is 2. The molecule has 0 spiro atoms. The Morgan fingerprint density at radius 3 is 2.68 bits per heavy atom. The number of methoxy groups -OCH3 is 1. The maximum atomic E-state index is 12.6. The van der Waals surface area contributed by atoms with Crippen LogP contribution in [0.3, 0.4) is 0 Å². The predicted octanol–water partition coefficient (Wildman–Crippen LogP) is 5.19. The third kappa shape index (κ3) is 4.27. The van der Waals surface area contributed by atoms with E-state index in [0.29, 0.717) is 24.5 Å². The Kier molecular flexibility index (Phi) is 5.77. The Labute approximate surface area is 171 Å². The zero-order chi connectivity index (χ0) is 19.5. The average molecular weight is 400 g/mol. The molecular weight excluding hydrogens is 374 g/mol. The number of ether oxygens (including phenoxy) is 2. The van der Waals surface area contributed by atoms with E-state index in [1.165, 1.54) is 12.8 Å². The zero-order valence-electron chi connectivity index (χ0n) is 16.2. The fourth-order valence-electron chi connectivity index (χ4n) is 4.23. The number of hydrogen-bond acceptors (Lipinski definition) is 3. The van der Waals surface area contributed by atoms with Crippen LogP contribution in [0.4, 0.5) is 0 Å². The Bertz CT molecular complexity index is 847. The van der Waals surface area contributed by atoms with Crippen LogP contribution in [0.1, 0.15) is 49.1 Å². The highest BCUT2D eigenvalue weighted by Crippen LogP contribution is 2.37. The number of hydrogen-bond donors (Lipinski definition) is 0. The van der Waals surface area contributed by atoms with Crippen LogP contribution in [-0.2, 0) is 11.3 Å². The molecule has 5 heteroatoms. The van der Waals surface area contributed by atoms with Crippen molar-refractivity contribution >= 4 is 17.5 Å². The quantitative estimate of drug-likeness (QED) is 0.671. The largest absolute Gasteiger partial charge is 0.493 e. The fourth-order valence-corrected chi connectivity index (χ4v) is 4.44. The molecule has 4 rings (SSSR count). The molecule has 0 N–H and O–H groups in total. The maximum absolute atomic E-state index is 12.6. The van der Waals surface area contributed by atoms with Crippen LogP contribution in [0.15, 0.2) is 42.5 Å². The minimum atomic E-state index is 0.170. The molecular formula is C23H26ClNO3. The molecule has 0 radical (unpaired) electrons. The Hall–Kier alpha value is -2.20. The minimum Gasteiger partial charge on any atom is -0.493 e. The lowest BCUT2D eigenvalue weighted by Crippen LogP contribution is -2.24. The summed E-state index contributed by atoms with van der Waals surface area (Å²) in [4.78, 5) is 14.5. The smallest absolute Gasteiger partial charge is 0.223 e. The minimum absolute atomic E-state index is 0.170. The maximum Gasteiger partial charge on any atom is 0.223 e. The van der Waals surface area contributed by atoms with Crippen LogP contribution in [0.25, 0.3) is 0 Å². The van der Waals surface area contributed by atoms with Crippen LogP contribution in [-0.4, -0.2) is 30.6 Å². The summed E-state index contributed by atoms with van der Waals surface area (Å²) in [5.74, 6) is 1.91. The summed E-state index contributed by atoms with van der Waals surface area (Å²) in [6, 6.07) is 13.8. The standard InChI is InChI=1S/C23H26ClNO3/c1-27-21-10-9-17(12-22(21)28-20-7-2-3-8-20)18-13-23(26)25(15-18)14-16-5-4-6-19(24)11-16/h4-6,9-12,18,20H,2-3,7-8,13-15H2,1H3/t18-/m0/s1. The van der Waals surface area contributed by atoms with Gasteiger partial charge in [-0.05, 0) is 61.1 Å². The first-order valence-corrected chi connectivity index (χ1v) is 10.4. The second-order valence-electron chi connectivity index (χ2n) is 7.74. The molecule has 2 aliphatic rings. The third-order valence-corrected chi connectivity index (χ3v) is 5.97. The number of halogens is 1. The topological polar surface area (TPSA) is 38.8 Å². The van der Waals surface area contributed by atoms with Crippen molar-refractivity contribution < 1.29 is 14.3 Å². The first kappa shape index (κ1) is 19.1. The second-order valence-corrected chi connectivity index (χ2v) is 8.18. The molecule has 0 aromatic heterocycles. The first-order valence-electron chi connectivity index (χ1n) is 9.99. The van der Waals surface area contributed by atoms with Gasteiger partial charge in [-0.3, -0.25) is 4.79 Å². The zero-order valence-corrected chi connectivity index (χ0v) is 17.0. The van der Waals surface area contributed by atoms with E-state index >= 15 is 0 Å². The lowest BCUT2D eigenvalue weighted by Gasteiger charge is -2.19. The molecule has 1 aliphatic carbocycles. The lowest BCUT2D eigenvalue weighted by atomic mass is 9.98. The van der Waals surface area contributed by atoms with Gasteiger partial charge in [-0.25, -0.2) is 0 Å². The van der Waals surface area contributed by atoms with Gasteiger partial charge in [0.15, 0.2) is 11.5 Å². The predicted molar refractivity (Wildman–Crippen MR) is 110 cm³/mol. The number of nitrogens with zero attached hydrogens (tertiary/aromatic N) is 1. The molecule has 0 unspecified atom stereocenters. The van der Waals surface area contributed by atoms with E-state index in [0.717, 1.165) is 35.5 Å². The van der Waals surface area contributed by atoms with Crippen LogP contribution >= 0.6 is 11.6 Å². The summed E-state index contributed by atoms with van der Waals surface area (Å²) in [6.45, 7) is 1.30. The van der Waals surface area contributed by atoms with Crippen LogP contribution in [0, 0.1) is 0 Å². The van der Waals surface area contributed by atoms with Crippen molar-refractivity contribution in [1.82, 2.24) is 4.90 Å². The molecule has 1 heterocycles. The number of carbonyl (C=O) groups is 1. The summed E-state index contributed by atoms with van der Waals surface area (Å²) < 4.78 is 11.7. The summed E-state index contributed by atoms with van der Waals surface area (Å²) in [7, 11) is 1.67.